The van der Waals surface area contributed by atoms with Gasteiger partial charge in [0.15, 0.2) is 0 Å². The topological polar surface area (TPSA) is 48.4 Å². The van der Waals surface area contributed by atoms with Gasteiger partial charge in [0.2, 0.25) is 5.88 Å². The third-order valence-electron chi connectivity index (χ3n) is 2.94. The number of esters is 1. The van der Waals surface area contributed by atoms with Gasteiger partial charge in [0, 0.05) is 6.20 Å². The molecule has 0 atom stereocenters. The quantitative estimate of drug-likeness (QED) is 0.792. The zero-order valence-corrected chi connectivity index (χ0v) is 11.1. The Kier molecular flexibility index (Phi) is 3.80. The van der Waals surface area contributed by atoms with E-state index in [0.717, 1.165) is 11.1 Å². The highest BCUT2D eigenvalue weighted by molar-refractivity contribution is 5.91. The number of methoxy groups -OCH3 is 1. The number of hydrogen-bond acceptors (Lipinski definition) is 4. The molecule has 0 unspecified atom stereocenters. The summed E-state index contributed by atoms with van der Waals surface area (Å²) in [7, 11) is 1.33. The highest BCUT2D eigenvalue weighted by atomic mass is 16.5. The molecular formula is C15H15NO3. The molecule has 0 aliphatic heterocycles. The fourth-order valence-electron chi connectivity index (χ4n) is 1.68. The Hall–Kier alpha value is -2.36. The van der Waals surface area contributed by atoms with E-state index < -0.39 is 5.97 Å². The molecule has 0 N–H and O–H groups in total. The van der Waals surface area contributed by atoms with E-state index in [1.807, 2.05) is 32.0 Å². The molecule has 1 aromatic carbocycles. The van der Waals surface area contributed by atoms with Crippen LogP contribution < -0.4 is 4.74 Å². The van der Waals surface area contributed by atoms with E-state index in [1.54, 1.807) is 18.3 Å². The van der Waals surface area contributed by atoms with Crippen molar-refractivity contribution < 1.29 is 14.3 Å². The SMILES string of the molecule is COC(=O)c1cccnc1Oc1cccc(C)c1C. The second kappa shape index (κ2) is 5.52. The van der Waals surface area contributed by atoms with Gasteiger partial charge in [-0.3, -0.25) is 0 Å². The van der Waals surface area contributed by atoms with Gasteiger partial charge in [0.05, 0.1) is 7.11 Å². The van der Waals surface area contributed by atoms with Crippen molar-refractivity contribution in [2.45, 2.75) is 13.8 Å². The molecule has 0 saturated heterocycles. The van der Waals surface area contributed by atoms with Crippen LogP contribution in [0.25, 0.3) is 0 Å². The maximum absolute atomic E-state index is 11.6. The van der Waals surface area contributed by atoms with Crippen molar-refractivity contribution in [3.8, 4) is 11.6 Å². The van der Waals surface area contributed by atoms with E-state index in [-0.39, 0.29) is 5.88 Å². The molecule has 0 fully saturated rings. The lowest BCUT2D eigenvalue weighted by Crippen LogP contribution is -2.05. The number of nitrogens with zero attached hydrogens (tertiary/aromatic N) is 1. The molecule has 0 radical (unpaired) electrons. The third-order valence-corrected chi connectivity index (χ3v) is 2.94. The maximum Gasteiger partial charge on any atom is 0.343 e. The summed E-state index contributed by atoms with van der Waals surface area (Å²) in [6, 6.07) is 9.04. The minimum atomic E-state index is -0.464. The van der Waals surface area contributed by atoms with Crippen molar-refractivity contribution in [1.82, 2.24) is 4.98 Å². The molecule has 2 aromatic rings. The first-order valence-corrected chi connectivity index (χ1v) is 5.91. The fourth-order valence-corrected chi connectivity index (χ4v) is 1.68. The predicted molar refractivity (Wildman–Crippen MR) is 71.6 cm³/mol. The van der Waals surface area contributed by atoms with E-state index in [2.05, 4.69) is 4.98 Å². The van der Waals surface area contributed by atoms with Crippen molar-refractivity contribution in [2.75, 3.05) is 7.11 Å². The summed E-state index contributed by atoms with van der Waals surface area (Å²) in [5.74, 6) is 0.473. The van der Waals surface area contributed by atoms with Gasteiger partial charge in [-0.05, 0) is 43.2 Å². The third kappa shape index (κ3) is 2.73. The summed E-state index contributed by atoms with van der Waals surface area (Å²) >= 11 is 0. The van der Waals surface area contributed by atoms with Gasteiger partial charge in [-0.15, -0.1) is 0 Å². The zero-order chi connectivity index (χ0) is 13.8. The van der Waals surface area contributed by atoms with Gasteiger partial charge in [0.25, 0.3) is 0 Å². The van der Waals surface area contributed by atoms with E-state index in [0.29, 0.717) is 11.3 Å². The average molecular weight is 257 g/mol. The first kappa shape index (κ1) is 13.1. The molecule has 4 nitrogen and oxygen atoms in total. The Labute approximate surface area is 112 Å². The summed E-state index contributed by atoms with van der Waals surface area (Å²) < 4.78 is 10.4. The molecular weight excluding hydrogens is 242 g/mol. The van der Waals surface area contributed by atoms with Crippen LogP contribution in [0, 0.1) is 13.8 Å². The summed E-state index contributed by atoms with van der Waals surface area (Å²) in [6.45, 7) is 3.97. The number of carbonyl (C=O) groups excluding carboxylic acids is 1. The van der Waals surface area contributed by atoms with Crippen LogP contribution in [0.3, 0.4) is 0 Å². The molecule has 0 aliphatic rings. The van der Waals surface area contributed by atoms with Crippen molar-refractivity contribution in [1.29, 1.82) is 0 Å². The molecule has 2 rings (SSSR count). The number of aromatic nitrogens is 1. The summed E-state index contributed by atoms with van der Waals surface area (Å²) in [5, 5.41) is 0. The molecule has 4 heteroatoms. The van der Waals surface area contributed by atoms with Crippen LogP contribution in [0.1, 0.15) is 21.5 Å². The van der Waals surface area contributed by atoms with Crippen LogP contribution in [0.2, 0.25) is 0 Å². The Morgan fingerprint density at radius 2 is 1.95 bits per heavy atom. The van der Waals surface area contributed by atoms with Crippen LogP contribution >= 0.6 is 0 Å². The van der Waals surface area contributed by atoms with Crippen molar-refractivity contribution in [3.05, 3.63) is 53.2 Å². The lowest BCUT2D eigenvalue weighted by Gasteiger charge is -2.11. The Morgan fingerprint density at radius 3 is 2.68 bits per heavy atom. The summed E-state index contributed by atoms with van der Waals surface area (Å²) in [4.78, 5) is 15.7. The number of pyridine rings is 1. The number of hydrogen-bond donors (Lipinski definition) is 0. The second-order valence-corrected chi connectivity index (χ2v) is 4.15. The highest BCUT2D eigenvalue weighted by Crippen LogP contribution is 2.27. The number of carbonyl (C=O) groups is 1. The zero-order valence-electron chi connectivity index (χ0n) is 11.1. The van der Waals surface area contributed by atoms with Gasteiger partial charge >= 0.3 is 5.97 Å². The first-order chi connectivity index (χ1) is 9.13. The molecule has 0 aliphatic carbocycles. The van der Waals surface area contributed by atoms with E-state index in [1.165, 1.54) is 7.11 Å². The van der Waals surface area contributed by atoms with Gasteiger partial charge < -0.3 is 9.47 Å². The van der Waals surface area contributed by atoms with Crippen molar-refractivity contribution in [2.24, 2.45) is 0 Å². The number of rotatable bonds is 3. The minimum absolute atomic E-state index is 0.253. The standard InChI is InChI=1S/C15H15NO3/c1-10-6-4-8-13(11(10)2)19-14-12(15(17)18-3)7-5-9-16-14/h4-9H,1-3H3. The molecule has 19 heavy (non-hydrogen) atoms. The van der Waals surface area contributed by atoms with Crippen LogP contribution in [-0.4, -0.2) is 18.1 Å². The predicted octanol–water partition coefficient (Wildman–Crippen LogP) is 3.28. The normalized spacial score (nSPS) is 10.1. The summed E-state index contributed by atoms with van der Waals surface area (Å²) in [6.07, 6.45) is 1.58. The van der Waals surface area contributed by atoms with Gasteiger partial charge in [-0.25, -0.2) is 9.78 Å². The lowest BCUT2D eigenvalue weighted by atomic mass is 10.1. The van der Waals surface area contributed by atoms with Crippen LogP contribution in [-0.2, 0) is 4.74 Å². The van der Waals surface area contributed by atoms with E-state index in [4.69, 9.17) is 9.47 Å². The molecule has 1 aromatic heterocycles. The van der Waals surface area contributed by atoms with E-state index in [9.17, 15) is 4.79 Å². The second-order valence-electron chi connectivity index (χ2n) is 4.15. The monoisotopic (exact) mass is 257 g/mol. The number of benzene rings is 1. The first-order valence-electron chi connectivity index (χ1n) is 5.91. The minimum Gasteiger partial charge on any atom is -0.465 e. The number of aryl methyl sites for hydroxylation is 1. The number of ether oxygens (including phenoxy) is 2. The molecule has 0 spiro atoms. The smallest absolute Gasteiger partial charge is 0.343 e. The highest BCUT2D eigenvalue weighted by Gasteiger charge is 2.15. The Balaban J connectivity index is 2.39. The summed E-state index contributed by atoms with van der Waals surface area (Å²) in [5.41, 5.74) is 2.45. The largest absolute Gasteiger partial charge is 0.465 e. The van der Waals surface area contributed by atoms with Gasteiger partial charge in [-0.2, -0.15) is 0 Å². The average Bonchev–Trinajstić information content (AvgIpc) is 2.43. The fraction of sp³-hybridized carbons (Fsp3) is 0.200. The van der Waals surface area contributed by atoms with Gasteiger partial charge in [-0.1, -0.05) is 12.1 Å². The van der Waals surface area contributed by atoms with Gasteiger partial charge in [0.1, 0.15) is 11.3 Å². The Morgan fingerprint density at radius 1 is 1.16 bits per heavy atom. The molecule has 1 heterocycles. The molecule has 98 valence electrons. The maximum atomic E-state index is 11.6. The van der Waals surface area contributed by atoms with E-state index >= 15 is 0 Å². The molecule has 0 amide bonds. The van der Waals surface area contributed by atoms with Crippen molar-refractivity contribution >= 4 is 5.97 Å². The molecule has 0 bridgehead atoms. The lowest BCUT2D eigenvalue weighted by molar-refractivity contribution is 0.0597. The van der Waals surface area contributed by atoms with Crippen LogP contribution in [0.15, 0.2) is 36.5 Å². The van der Waals surface area contributed by atoms with Crippen LogP contribution in [0.5, 0.6) is 11.6 Å². The van der Waals surface area contributed by atoms with Crippen LogP contribution in [0.4, 0.5) is 0 Å². The Bertz CT molecular complexity index is 608. The van der Waals surface area contributed by atoms with Crippen molar-refractivity contribution in [3.63, 3.8) is 0 Å². The molecule has 0 saturated carbocycles.